The number of nitrogens with one attached hydrogen (secondary N) is 1. The first kappa shape index (κ1) is 13.9. The normalized spacial score (nSPS) is 12.5. The molecule has 4 nitrogen and oxygen atoms in total. The van der Waals surface area contributed by atoms with Crippen molar-refractivity contribution in [3.05, 3.63) is 53.6 Å². The van der Waals surface area contributed by atoms with Crippen LogP contribution in [0, 0.1) is 0 Å². The highest BCUT2D eigenvalue weighted by atomic mass is 35.5. The Hall–Kier alpha value is -2.07. The highest BCUT2D eigenvalue weighted by Crippen LogP contribution is 2.26. The van der Waals surface area contributed by atoms with Gasteiger partial charge in [-0.3, -0.25) is 0 Å². The van der Waals surface area contributed by atoms with Crippen molar-refractivity contribution in [2.75, 3.05) is 5.32 Å². The van der Waals surface area contributed by atoms with Gasteiger partial charge in [-0.15, -0.1) is 10.2 Å². The average molecular weight is 302 g/mol. The second kappa shape index (κ2) is 6.14. The van der Waals surface area contributed by atoms with E-state index in [0.29, 0.717) is 5.15 Å². The zero-order valence-electron chi connectivity index (χ0n) is 11.7. The number of hydrogen-bond acceptors (Lipinski definition) is 4. The molecule has 0 aliphatic rings. The van der Waals surface area contributed by atoms with Gasteiger partial charge in [-0.2, -0.15) is 0 Å². The topological polar surface area (TPSA) is 51.0 Å². The Morgan fingerprint density at radius 3 is 2.71 bits per heavy atom. The van der Waals surface area contributed by atoms with E-state index in [1.165, 1.54) is 0 Å². The summed E-state index contributed by atoms with van der Waals surface area (Å²) in [4.78, 5) is 0. The molecule has 2 heterocycles. The predicted molar refractivity (Wildman–Crippen MR) is 84.7 cm³/mol. The first-order valence-corrected chi connectivity index (χ1v) is 7.31. The van der Waals surface area contributed by atoms with Gasteiger partial charge in [0.05, 0.1) is 6.26 Å². The number of fused-ring (bicyclic) bond motifs is 1. The zero-order valence-corrected chi connectivity index (χ0v) is 12.5. The maximum absolute atomic E-state index is 6.08. The molecule has 1 N–H and O–H groups in total. The third kappa shape index (κ3) is 3.16. The van der Waals surface area contributed by atoms with E-state index in [2.05, 4.69) is 22.4 Å². The summed E-state index contributed by atoms with van der Waals surface area (Å²) in [7, 11) is 0. The summed E-state index contributed by atoms with van der Waals surface area (Å²) in [5.74, 6) is 1.76. The van der Waals surface area contributed by atoms with Crippen LogP contribution in [0.1, 0.15) is 19.1 Å². The van der Waals surface area contributed by atoms with Crippen molar-refractivity contribution in [3.63, 3.8) is 0 Å². The van der Waals surface area contributed by atoms with Crippen molar-refractivity contribution in [1.82, 2.24) is 10.2 Å². The van der Waals surface area contributed by atoms with Crippen molar-refractivity contribution in [1.29, 1.82) is 0 Å². The van der Waals surface area contributed by atoms with Gasteiger partial charge in [-0.25, -0.2) is 0 Å². The summed E-state index contributed by atoms with van der Waals surface area (Å²) in [6, 6.07) is 12.0. The van der Waals surface area contributed by atoms with E-state index in [1.807, 2.05) is 36.4 Å². The zero-order chi connectivity index (χ0) is 14.7. The summed E-state index contributed by atoms with van der Waals surface area (Å²) in [6.07, 6.45) is 3.54. The molecular formula is C16H16ClN3O. The Balaban J connectivity index is 1.74. The summed E-state index contributed by atoms with van der Waals surface area (Å²) in [6.45, 7) is 2.12. The summed E-state index contributed by atoms with van der Waals surface area (Å²) >= 11 is 6.08. The fourth-order valence-corrected chi connectivity index (χ4v) is 2.50. The van der Waals surface area contributed by atoms with E-state index in [-0.39, 0.29) is 6.04 Å². The molecule has 0 spiro atoms. The lowest BCUT2D eigenvalue weighted by Gasteiger charge is -2.15. The van der Waals surface area contributed by atoms with Crippen LogP contribution in [0.2, 0.25) is 5.15 Å². The molecular weight excluding hydrogens is 286 g/mol. The monoisotopic (exact) mass is 301 g/mol. The molecule has 3 rings (SSSR count). The molecule has 1 unspecified atom stereocenters. The molecule has 108 valence electrons. The van der Waals surface area contributed by atoms with Gasteiger partial charge in [-0.05, 0) is 25.5 Å². The van der Waals surface area contributed by atoms with E-state index in [9.17, 15) is 0 Å². The number of benzene rings is 1. The van der Waals surface area contributed by atoms with E-state index >= 15 is 0 Å². The fourth-order valence-electron chi connectivity index (χ4n) is 2.30. The fraction of sp³-hybridized carbons (Fsp3) is 0.250. The molecule has 2 aromatic heterocycles. The van der Waals surface area contributed by atoms with Crippen molar-refractivity contribution >= 4 is 28.2 Å². The quantitative estimate of drug-likeness (QED) is 0.763. The molecule has 0 radical (unpaired) electrons. The van der Waals surface area contributed by atoms with Crippen LogP contribution in [-0.4, -0.2) is 16.2 Å². The van der Waals surface area contributed by atoms with E-state index in [1.54, 1.807) is 6.26 Å². The largest absolute Gasteiger partial charge is 0.469 e. The molecule has 21 heavy (non-hydrogen) atoms. The molecule has 0 saturated carbocycles. The van der Waals surface area contributed by atoms with Gasteiger partial charge in [0.2, 0.25) is 0 Å². The van der Waals surface area contributed by atoms with Crippen molar-refractivity contribution in [3.8, 4) is 0 Å². The molecule has 0 aliphatic heterocycles. The minimum Gasteiger partial charge on any atom is -0.469 e. The molecule has 1 atom stereocenters. The SMILES string of the molecule is CC(CCc1ccco1)Nc1nnc(Cl)c2ccccc12. The van der Waals surface area contributed by atoms with Crippen LogP contribution < -0.4 is 5.32 Å². The number of nitrogens with zero attached hydrogens (tertiary/aromatic N) is 2. The second-order valence-corrected chi connectivity index (χ2v) is 5.41. The molecule has 0 saturated heterocycles. The minimum atomic E-state index is 0.258. The van der Waals surface area contributed by atoms with Gasteiger partial charge in [0.1, 0.15) is 5.76 Å². The molecule has 0 bridgehead atoms. The van der Waals surface area contributed by atoms with Crippen LogP contribution in [0.25, 0.3) is 10.8 Å². The summed E-state index contributed by atoms with van der Waals surface area (Å²) < 4.78 is 5.35. The third-order valence-electron chi connectivity index (χ3n) is 3.43. The summed E-state index contributed by atoms with van der Waals surface area (Å²) in [5.41, 5.74) is 0. The second-order valence-electron chi connectivity index (χ2n) is 5.05. The Morgan fingerprint density at radius 2 is 1.95 bits per heavy atom. The lowest BCUT2D eigenvalue weighted by atomic mass is 10.1. The van der Waals surface area contributed by atoms with Gasteiger partial charge < -0.3 is 9.73 Å². The van der Waals surface area contributed by atoms with Crippen molar-refractivity contribution < 1.29 is 4.42 Å². The highest BCUT2D eigenvalue weighted by Gasteiger charge is 2.10. The van der Waals surface area contributed by atoms with Gasteiger partial charge >= 0.3 is 0 Å². The van der Waals surface area contributed by atoms with Gasteiger partial charge in [0, 0.05) is 23.2 Å². The van der Waals surface area contributed by atoms with Crippen molar-refractivity contribution in [2.45, 2.75) is 25.8 Å². The van der Waals surface area contributed by atoms with E-state index in [4.69, 9.17) is 16.0 Å². The van der Waals surface area contributed by atoms with Crippen LogP contribution in [0.5, 0.6) is 0 Å². The number of rotatable bonds is 5. The van der Waals surface area contributed by atoms with Crippen LogP contribution in [-0.2, 0) is 6.42 Å². The minimum absolute atomic E-state index is 0.258. The Kier molecular flexibility index (Phi) is 4.06. The predicted octanol–water partition coefficient (Wildman–Crippen LogP) is 4.31. The van der Waals surface area contributed by atoms with Crippen LogP contribution >= 0.6 is 11.6 Å². The first-order chi connectivity index (χ1) is 10.2. The average Bonchev–Trinajstić information content (AvgIpc) is 3.02. The Labute approximate surface area is 128 Å². The maximum Gasteiger partial charge on any atom is 0.159 e. The van der Waals surface area contributed by atoms with E-state index < -0.39 is 0 Å². The van der Waals surface area contributed by atoms with Crippen LogP contribution in [0.4, 0.5) is 5.82 Å². The van der Waals surface area contributed by atoms with Gasteiger partial charge in [0.15, 0.2) is 11.0 Å². The van der Waals surface area contributed by atoms with E-state index in [0.717, 1.165) is 35.2 Å². The third-order valence-corrected chi connectivity index (χ3v) is 3.71. The highest BCUT2D eigenvalue weighted by molar-refractivity contribution is 6.34. The molecule has 3 aromatic rings. The standard InChI is InChI=1S/C16H16ClN3O/c1-11(8-9-12-5-4-10-21-12)18-16-14-7-3-2-6-13(14)15(17)19-20-16/h2-7,10-11H,8-9H2,1H3,(H,18,20). The van der Waals surface area contributed by atoms with Crippen LogP contribution in [0.15, 0.2) is 47.1 Å². The van der Waals surface area contributed by atoms with Crippen LogP contribution in [0.3, 0.4) is 0 Å². The number of halogens is 1. The van der Waals surface area contributed by atoms with Gasteiger partial charge in [-0.1, -0.05) is 35.9 Å². The summed E-state index contributed by atoms with van der Waals surface area (Å²) in [5, 5.41) is 13.9. The first-order valence-electron chi connectivity index (χ1n) is 6.94. The molecule has 0 amide bonds. The Morgan fingerprint density at radius 1 is 1.14 bits per heavy atom. The number of hydrogen-bond donors (Lipinski definition) is 1. The van der Waals surface area contributed by atoms with Crippen molar-refractivity contribution in [2.24, 2.45) is 0 Å². The smallest absolute Gasteiger partial charge is 0.159 e. The number of furan rings is 1. The molecule has 0 aliphatic carbocycles. The molecule has 0 fully saturated rings. The maximum atomic E-state index is 6.08. The Bertz CT molecular complexity index is 727. The lowest BCUT2D eigenvalue weighted by molar-refractivity contribution is 0.495. The lowest BCUT2D eigenvalue weighted by Crippen LogP contribution is -2.17. The molecule has 5 heteroatoms. The van der Waals surface area contributed by atoms with Gasteiger partial charge in [0.25, 0.3) is 0 Å². The number of aromatic nitrogens is 2. The number of anilines is 1. The molecule has 1 aromatic carbocycles. The number of aryl methyl sites for hydroxylation is 1.